The first kappa shape index (κ1) is 4.73. The molecule has 0 aliphatic rings. The molecule has 0 amide bonds. The molecule has 35 valence electrons. The van der Waals surface area contributed by atoms with Gasteiger partial charge < -0.3 is 0 Å². The van der Waals surface area contributed by atoms with Gasteiger partial charge in [0, 0.05) is 12.4 Å². The molecule has 1 heterocycles. The lowest BCUT2D eigenvalue weighted by molar-refractivity contribution is 1.34. The summed E-state index contributed by atoms with van der Waals surface area (Å²) in [5.74, 6) is 0. The van der Waals surface area contributed by atoms with Crippen LogP contribution in [0.1, 0.15) is 0 Å². The Morgan fingerprint density at radius 3 is 2.14 bits per heavy atom. The molecule has 0 aliphatic heterocycles. The smallest absolute Gasteiger partial charge is 0.0274 e. The van der Waals surface area contributed by atoms with Crippen molar-refractivity contribution in [3.8, 4) is 0 Å². The predicted molar refractivity (Wildman–Crippen MR) is 32.2 cm³/mol. The first-order valence-electron chi connectivity index (χ1n) is 2.01. The van der Waals surface area contributed by atoms with Gasteiger partial charge in [0.15, 0.2) is 0 Å². The fraction of sp³-hybridized carbons (Fsp3) is 0. The summed E-state index contributed by atoms with van der Waals surface area (Å²) >= 11 is 0. The summed E-state index contributed by atoms with van der Waals surface area (Å²) in [6, 6.07) is 3.77. The van der Waals surface area contributed by atoms with E-state index in [1.165, 1.54) is 0 Å². The molecule has 0 aliphatic carbocycles. The SMILES string of the molecule is [PH]c1ccncc1. The van der Waals surface area contributed by atoms with Gasteiger partial charge in [0.1, 0.15) is 0 Å². The Balaban J connectivity index is 3.02. The van der Waals surface area contributed by atoms with Crippen LogP contribution in [-0.4, -0.2) is 4.98 Å². The van der Waals surface area contributed by atoms with Crippen molar-refractivity contribution in [1.29, 1.82) is 0 Å². The van der Waals surface area contributed by atoms with Crippen LogP contribution in [0.2, 0.25) is 0 Å². The molecule has 0 atom stereocenters. The first-order chi connectivity index (χ1) is 3.39. The molecule has 1 nitrogen and oxygen atoms in total. The highest BCUT2D eigenvalue weighted by Crippen LogP contribution is 1.82. The van der Waals surface area contributed by atoms with E-state index >= 15 is 0 Å². The number of nitrogens with zero attached hydrogens (tertiary/aromatic N) is 1. The first-order valence-corrected chi connectivity index (χ1v) is 2.51. The molecule has 0 saturated carbocycles. The molecule has 0 saturated heterocycles. The third-order valence-electron chi connectivity index (χ3n) is 0.680. The second kappa shape index (κ2) is 2.04. The average molecular weight is 110 g/mol. The van der Waals surface area contributed by atoms with Crippen LogP contribution in [0, 0.1) is 0 Å². The zero-order valence-corrected chi connectivity index (χ0v) is 4.76. The van der Waals surface area contributed by atoms with Crippen LogP contribution >= 0.6 is 9.24 Å². The second-order valence-corrected chi connectivity index (χ2v) is 1.81. The monoisotopic (exact) mass is 110 g/mol. The normalized spacial score (nSPS) is 8.71. The summed E-state index contributed by atoms with van der Waals surface area (Å²) < 4.78 is 0. The van der Waals surface area contributed by atoms with Crippen molar-refractivity contribution in [2.24, 2.45) is 0 Å². The van der Waals surface area contributed by atoms with Gasteiger partial charge in [-0.25, -0.2) is 0 Å². The van der Waals surface area contributed by atoms with Crippen LogP contribution in [0.4, 0.5) is 0 Å². The number of hydrogen-bond donors (Lipinski definition) is 0. The highest BCUT2D eigenvalue weighted by Gasteiger charge is 1.73. The van der Waals surface area contributed by atoms with Gasteiger partial charge in [-0.2, -0.15) is 0 Å². The Bertz CT molecular complexity index is 138. The largest absolute Gasteiger partial charge is 0.265 e. The van der Waals surface area contributed by atoms with Crippen LogP contribution in [-0.2, 0) is 0 Å². The molecule has 1 aromatic rings. The van der Waals surface area contributed by atoms with Crippen LogP contribution in [0.25, 0.3) is 0 Å². The van der Waals surface area contributed by atoms with Gasteiger partial charge in [-0.15, -0.1) is 0 Å². The van der Waals surface area contributed by atoms with Crippen molar-refractivity contribution >= 4 is 14.5 Å². The molecule has 1 radical (unpaired) electrons. The van der Waals surface area contributed by atoms with E-state index in [-0.39, 0.29) is 0 Å². The number of pyridine rings is 1. The van der Waals surface area contributed by atoms with Gasteiger partial charge in [-0.3, -0.25) is 4.98 Å². The number of hydrogen-bond acceptors (Lipinski definition) is 1. The molecule has 1 rings (SSSR count). The lowest BCUT2D eigenvalue weighted by Gasteiger charge is -1.81. The highest BCUT2D eigenvalue weighted by molar-refractivity contribution is 7.27. The van der Waals surface area contributed by atoms with E-state index in [0.29, 0.717) is 0 Å². The van der Waals surface area contributed by atoms with E-state index in [1.54, 1.807) is 12.4 Å². The Hall–Kier alpha value is -0.420. The Kier molecular flexibility index (Phi) is 1.38. The van der Waals surface area contributed by atoms with Crippen molar-refractivity contribution in [2.75, 3.05) is 0 Å². The topological polar surface area (TPSA) is 12.9 Å². The predicted octanol–water partition coefficient (Wildman–Crippen LogP) is 0.850. The zero-order valence-electron chi connectivity index (χ0n) is 3.76. The standard InChI is InChI=1S/C5H5NP/c7-5-1-3-6-4-2-5/h1-4,7H. The van der Waals surface area contributed by atoms with E-state index in [4.69, 9.17) is 0 Å². The molecule has 0 aromatic carbocycles. The van der Waals surface area contributed by atoms with Gasteiger partial charge in [-0.1, -0.05) is 9.24 Å². The Labute approximate surface area is 45.0 Å². The fourth-order valence-corrected chi connectivity index (χ4v) is 0.501. The molecule has 7 heavy (non-hydrogen) atoms. The van der Waals surface area contributed by atoms with Crippen LogP contribution in [0.15, 0.2) is 24.5 Å². The van der Waals surface area contributed by atoms with Gasteiger partial charge in [0.05, 0.1) is 0 Å². The summed E-state index contributed by atoms with van der Waals surface area (Å²) in [5, 5.41) is 1.06. The van der Waals surface area contributed by atoms with Crippen molar-refractivity contribution in [3.05, 3.63) is 24.5 Å². The third-order valence-corrected chi connectivity index (χ3v) is 1.01. The Morgan fingerprint density at radius 2 is 1.86 bits per heavy atom. The minimum Gasteiger partial charge on any atom is -0.265 e. The van der Waals surface area contributed by atoms with Gasteiger partial charge in [0.25, 0.3) is 0 Å². The fourth-order valence-electron chi connectivity index (χ4n) is 0.352. The summed E-state index contributed by atoms with van der Waals surface area (Å²) in [7, 11) is 3.32. The van der Waals surface area contributed by atoms with E-state index in [0.717, 1.165) is 5.30 Å². The molecule has 1 aromatic heterocycles. The van der Waals surface area contributed by atoms with Gasteiger partial charge >= 0.3 is 0 Å². The molecule has 0 spiro atoms. The van der Waals surface area contributed by atoms with Crippen molar-refractivity contribution in [1.82, 2.24) is 4.98 Å². The maximum Gasteiger partial charge on any atom is 0.0274 e. The van der Waals surface area contributed by atoms with E-state index in [1.807, 2.05) is 12.1 Å². The molecule has 0 fully saturated rings. The molecule has 0 N–H and O–H groups in total. The summed E-state index contributed by atoms with van der Waals surface area (Å²) in [4.78, 5) is 3.81. The minimum atomic E-state index is 1.06. The summed E-state index contributed by atoms with van der Waals surface area (Å²) in [6.07, 6.45) is 3.48. The van der Waals surface area contributed by atoms with Crippen molar-refractivity contribution < 1.29 is 0 Å². The van der Waals surface area contributed by atoms with Crippen LogP contribution < -0.4 is 5.30 Å². The maximum atomic E-state index is 3.81. The quantitative estimate of drug-likeness (QED) is 0.451. The summed E-state index contributed by atoms with van der Waals surface area (Å²) in [6.45, 7) is 0. The summed E-state index contributed by atoms with van der Waals surface area (Å²) in [5.41, 5.74) is 0. The Morgan fingerprint density at radius 1 is 1.29 bits per heavy atom. The number of aromatic nitrogens is 1. The van der Waals surface area contributed by atoms with Crippen molar-refractivity contribution in [2.45, 2.75) is 0 Å². The van der Waals surface area contributed by atoms with Gasteiger partial charge in [-0.05, 0) is 17.4 Å². The second-order valence-electron chi connectivity index (χ2n) is 1.24. The minimum absolute atomic E-state index is 1.06. The third kappa shape index (κ3) is 1.24. The molecular weight excluding hydrogens is 105 g/mol. The van der Waals surface area contributed by atoms with Crippen LogP contribution in [0.5, 0.6) is 0 Å². The van der Waals surface area contributed by atoms with E-state index in [9.17, 15) is 0 Å². The average Bonchev–Trinajstić information content (AvgIpc) is 1.69. The van der Waals surface area contributed by atoms with E-state index < -0.39 is 0 Å². The molecule has 2 heteroatoms. The zero-order chi connectivity index (χ0) is 5.11. The van der Waals surface area contributed by atoms with Crippen LogP contribution in [0.3, 0.4) is 0 Å². The maximum absolute atomic E-state index is 3.81. The molecule has 0 bridgehead atoms. The molecule has 0 unspecified atom stereocenters. The van der Waals surface area contributed by atoms with Crippen molar-refractivity contribution in [3.63, 3.8) is 0 Å². The molecular formula is C5H5NP. The number of rotatable bonds is 0. The highest BCUT2D eigenvalue weighted by atomic mass is 31.0. The van der Waals surface area contributed by atoms with E-state index in [2.05, 4.69) is 14.2 Å². The lowest BCUT2D eigenvalue weighted by atomic mass is 10.5. The lowest BCUT2D eigenvalue weighted by Crippen LogP contribution is -1.85. The van der Waals surface area contributed by atoms with Gasteiger partial charge in [0.2, 0.25) is 0 Å².